The molecule has 2 aromatic rings. The molecule has 0 fully saturated rings. The molecule has 110 valence electrons. The predicted octanol–water partition coefficient (Wildman–Crippen LogP) is 4.32. The summed E-state index contributed by atoms with van der Waals surface area (Å²) in [5, 5.41) is 8.94. The lowest BCUT2D eigenvalue weighted by Crippen LogP contribution is -2.39. The molecule has 0 aliphatic rings. The van der Waals surface area contributed by atoms with Gasteiger partial charge in [-0.2, -0.15) is 5.26 Å². The number of nitrogens with zero attached hydrogens (tertiary/aromatic N) is 2. The third kappa shape index (κ3) is 4.07. The average molecular weight is 364 g/mol. The lowest BCUT2D eigenvalue weighted by Gasteiger charge is -2.35. The van der Waals surface area contributed by atoms with Crippen molar-refractivity contribution < 1.29 is 0 Å². The Morgan fingerprint density at radius 2 is 2.00 bits per heavy atom. The first-order valence-corrected chi connectivity index (χ1v) is 8.44. The summed E-state index contributed by atoms with van der Waals surface area (Å²) in [4.78, 5) is 3.44. The highest BCUT2D eigenvalue weighted by molar-refractivity contribution is 9.11. The molecular formula is C16H18BrN3S. The Morgan fingerprint density at radius 3 is 2.52 bits per heavy atom. The quantitative estimate of drug-likeness (QED) is 0.831. The first-order valence-electron chi connectivity index (χ1n) is 6.83. The number of halogens is 1. The van der Waals surface area contributed by atoms with E-state index in [4.69, 9.17) is 11.0 Å². The summed E-state index contributed by atoms with van der Waals surface area (Å²) >= 11 is 5.21. The molecule has 0 bridgehead atoms. The third-order valence-corrected chi connectivity index (χ3v) is 4.97. The maximum Gasteiger partial charge on any atom is 0.0783 e. The Hall–Kier alpha value is -1.35. The summed E-state index contributed by atoms with van der Waals surface area (Å²) in [6.07, 6.45) is 0.477. The molecule has 0 radical (unpaired) electrons. The Morgan fingerprint density at radius 1 is 1.29 bits per heavy atom. The SMILES string of the molecule is CC(N)C(c1ccc(Br)s1)N(CCC#N)c1ccccc1. The number of anilines is 1. The van der Waals surface area contributed by atoms with Crippen LogP contribution in [0.5, 0.6) is 0 Å². The smallest absolute Gasteiger partial charge is 0.0783 e. The summed E-state index contributed by atoms with van der Waals surface area (Å²) in [6, 6.07) is 16.6. The van der Waals surface area contributed by atoms with Crippen molar-refractivity contribution in [2.24, 2.45) is 5.73 Å². The Balaban J connectivity index is 2.38. The molecule has 1 heterocycles. The number of thiophene rings is 1. The first-order chi connectivity index (χ1) is 10.1. The molecule has 0 saturated carbocycles. The highest BCUT2D eigenvalue weighted by Crippen LogP contribution is 2.35. The fourth-order valence-corrected chi connectivity index (χ4v) is 4.06. The van der Waals surface area contributed by atoms with Gasteiger partial charge in [-0.15, -0.1) is 11.3 Å². The van der Waals surface area contributed by atoms with Crippen LogP contribution in [0.3, 0.4) is 0 Å². The summed E-state index contributed by atoms with van der Waals surface area (Å²) in [6.45, 7) is 2.68. The van der Waals surface area contributed by atoms with E-state index in [1.54, 1.807) is 11.3 Å². The zero-order valence-corrected chi connectivity index (χ0v) is 14.3. The van der Waals surface area contributed by atoms with Crippen LogP contribution in [-0.4, -0.2) is 12.6 Å². The van der Waals surface area contributed by atoms with Crippen molar-refractivity contribution in [2.45, 2.75) is 25.4 Å². The molecule has 5 heteroatoms. The monoisotopic (exact) mass is 363 g/mol. The van der Waals surface area contributed by atoms with E-state index in [0.717, 1.165) is 9.47 Å². The van der Waals surface area contributed by atoms with E-state index in [0.29, 0.717) is 13.0 Å². The molecule has 0 aliphatic carbocycles. The van der Waals surface area contributed by atoms with Gasteiger partial charge in [-0.05, 0) is 47.1 Å². The van der Waals surface area contributed by atoms with Crippen LogP contribution in [-0.2, 0) is 0 Å². The Bertz CT molecular complexity index is 603. The summed E-state index contributed by atoms with van der Waals surface area (Å²) in [5.74, 6) is 0. The van der Waals surface area contributed by atoms with Gasteiger partial charge in [-0.25, -0.2) is 0 Å². The van der Waals surface area contributed by atoms with Crippen LogP contribution in [0.15, 0.2) is 46.3 Å². The van der Waals surface area contributed by atoms with Crippen molar-refractivity contribution in [1.82, 2.24) is 0 Å². The normalized spacial score (nSPS) is 13.4. The number of hydrogen-bond acceptors (Lipinski definition) is 4. The van der Waals surface area contributed by atoms with Crippen LogP contribution in [0.1, 0.15) is 24.3 Å². The minimum atomic E-state index is -0.0329. The maximum atomic E-state index is 8.94. The molecule has 2 atom stereocenters. The standard InChI is InChI=1S/C16H18BrN3S/c1-12(19)16(14-8-9-15(17)21-14)20(11-5-10-18)13-6-3-2-4-7-13/h2-4,6-9,12,16H,5,11,19H2,1H3. The van der Waals surface area contributed by atoms with E-state index < -0.39 is 0 Å². The zero-order valence-electron chi connectivity index (χ0n) is 11.9. The molecule has 0 spiro atoms. The predicted molar refractivity (Wildman–Crippen MR) is 92.4 cm³/mol. The summed E-state index contributed by atoms with van der Waals surface area (Å²) in [7, 11) is 0. The molecule has 2 rings (SSSR count). The summed E-state index contributed by atoms with van der Waals surface area (Å²) < 4.78 is 1.09. The molecule has 3 nitrogen and oxygen atoms in total. The Kier molecular flexibility index (Phi) is 5.80. The van der Waals surface area contributed by atoms with E-state index >= 15 is 0 Å². The van der Waals surface area contributed by atoms with Crippen molar-refractivity contribution in [3.05, 3.63) is 51.1 Å². The van der Waals surface area contributed by atoms with Crippen LogP contribution in [0.4, 0.5) is 5.69 Å². The van der Waals surface area contributed by atoms with Crippen molar-refractivity contribution in [3.63, 3.8) is 0 Å². The highest BCUT2D eigenvalue weighted by Gasteiger charge is 2.25. The molecule has 2 unspecified atom stereocenters. The van der Waals surface area contributed by atoms with Gasteiger partial charge in [0.1, 0.15) is 0 Å². The van der Waals surface area contributed by atoms with Gasteiger partial charge in [0, 0.05) is 23.2 Å². The average Bonchev–Trinajstić information content (AvgIpc) is 2.90. The van der Waals surface area contributed by atoms with Gasteiger partial charge in [-0.3, -0.25) is 0 Å². The van der Waals surface area contributed by atoms with E-state index in [-0.39, 0.29) is 12.1 Å². The molecule has 1 aromatic heterocycles. The van der Waals surface area contributed by atoms with E-state index in [1.165, 1.54) is 4.88 Å². The second kappa shape index (κ2) is 7.60. The number of nitriles is 1. The fourth-order valence-electron chi connectivity index (χ4n) is 2.40. The number of benzene rings is 1. The van der Waals surface area contributed by atoms with Crippen molar-refractivity contribution >= 4 is 33.0 Å². The maximum absolute atomic E-state index is 8.94. The molecule has 2 N–H and O–H groups in total. The molecule has 21 heavy (non-hydrogen) atoms. The number of rotatable bonds is 6. The van der Waals surface area contributed by atoms with Crippen molar-refractivity contribution in [2.75, 3.05) is 11.4 Å². The number of para-hydroxylation sites is 1. The van der Waals surface area contributed by atoms with Crippen LogP contribution in [0.25, 0.3) is 0 Å². The van der Waals surface area contributed by atoms with Gasteiger partial charge in [0.15, 0.2) is 0 Å². The molecular weight excluding hydrogens is 346 g/mol. The molecule has 0 amide bonds. The molecule has 0 aliphatic heterocycles. The van der Waals surface area contributed by atoms with E-state index in [1.807, 2.05) is 31.2 Å². The van der Waals surface area contributed by atoms with Gasteiger partial charge in [0.05, 0.1) is 22.3 Å². The van der Waals surface area contributed by atoms with Crippen LogP contribution < -0.4 is 10.6 Å². The van der Waals surface area contributed by atoms with Crippen molar-refractivity contribution in [3.8, 4) is 6.07 Å². The Labute approximate surface area is 138 Å². The van der Waals surface area contributed by atoms with Gasteiger partial charge < -0.3 is 10.6 Å². The second-order valence-electron chi connectivity index (χ2n) is 4.88. The topological polar surface area (TPSA) is 53.0 Å². The fraction of sp³-hybridized carbons (Fsp3) is 0.312. The van der Waals surface area contributed by atoms with E-state index in [9.17, 15) is 0 Å². The lowest BCUT2D eigenvalue weighted by atomic mass is 10.1. The first kappa shape index (κ1) is 16.0. The minimum Gasteiger partial charge on any atom is -0.361 e. The van der Waals surface area contributed by atoms with Crippen molar-refractivity contribution in [1.29, 1.82) is 5.26 Å². The van der Waals surface area contributed by atoms with E-state index in [2.05, 4.69) is 45.1 Å². The van der Waals surface area contributed by atoms with Crippen LogP contribution in [0.2, 0.25) is 0 Å². The zero-order chi connectivity index (χ0) is 15.2. The third-order valence-electron chi connectivity index (χ3n) is 3.27. The number of hydrogen-bond donors (Lipinski definition) is 1. The van der Waals surface area contributed by atoms with Gasteiger partial charge in [-0.1, -0.05) is 18.2 Å². The van der Waals surface area contributed by atoms with Crippen LogP contribution in [0, 0.1) is 11.3 Å². The summed E-state index contributed by atoms with van der Waals surface area (Å²) in [5.41, 5.74) is 7.35. The lowest BCUT2D eigenvalue weighted by molar-refractivity contribution is 0.539. The molecule has 0 saturated heterocycles. The van der Waals surface area contributed by atoms with Crippen LogP contribution >= 0.6 is 27.3 Å². The second-order valence-corrected chi connectivity index (χ2v) is 7.38. The van der Waals surface area contributed by atoms with Gasteiger partial charge in [0.2, 0.25) is 0 Å². The molecule has 1 aromatic carbocycles. The van der Waals surface area contributed by atoms with Gasteiger partial charge >= 0.3 is 0 Å². The minimum absolute atomic E-state index is 0.0329. The van der Waals surface area contributed by atoms with Gasteiger partial charge in [0.25, 0.3) is 0 Å². The largest absolute Gasteiger partial charge is 0.361 e. The highest BCUT2D eigenvalue weighted by atomic mass is 79.9. The number of nitrogens with two attached hydrogens (primary N) is 1.